The molecule has 0 aliphatic heterocycles. The van der Waals surface area contributed by atoms with E-state index in [0.717, 1.165) is 13.0 Å². The molecule has 2 nitrogen and oxygen atoms in total. The lowest BCUT2D eigenvalue weighted by atomic mass is 9.59. The van der Waals surface area contributed by atoms with Crippen LogP contribution in [0.5, 0.6) is 0 Å². The zero-order valence-electron chi connectivity index (χ0n) is 14.6. The van der Waals surface area contributed by atoms with Gasteiger partial charge < -0.3 is 11.5 Å². The average molecular weight is 285 g/mol. The van der Waals surface area contributed by atoms with Gasteiger partial charge >= 0.3 is 0 Å². The molecule has 4 N–H and O–H groups in total. The molecule has 122 valence electrons. The quantitative estimate of drug-likeness (QED) is 0.468. The van der Waals surface area contributed by atoms with Crippen molar-refractivity contribution in [2.24, 2.45) is 16.9 Å². The van der Waals surface area contributed by atoms with Gasteiger partial charge in [0.1, 0.15) is 0 Å². The van der Waals surface area contributed by atoms with Gasteiger partial charge in [-0.25, -0.2) is 0 Å². The Hall–Kier alpha value is -0.0800. The smallest absolute Gasteiger partial charge is 0.0211 e. The second-order valence-electron chi connectivity index (χ2n) is 6.68. The highest BCUT2D eigenvalue weighted by molar-refractivity contribution is 5.01. The van der Waals surface area contributed by atoms with E-state index in [9.17, 15) is 0 Å². The molecule has 0 fully saturated rings. The average Bonchev–Trinajstić information content (AvgIpc) is 2.40. The molecule has 0 bridgehead atoms. The molecule has 2 heteroatoms. The normalized spacial score (nSPS) is 12.9. The minimum atomic E-state index is 0.0249. The van der Waals surface area contributed by atoms with Crippen molar-refractivity contribution in [1.29, 1.82) is 0 Å². The number of rotatable bonds is 13. The first-order valence-corrected chi connectivity index (χ1v) is 9.04. The highest BCUT2D eigenvalue weighted by Gasteiger charge is 2.45. The Morgan fingerprint density at radius 2 is 1.10 bits per heavy atom. The van der Waals surface area contributed by atoms with Crippen molar-refractivity contribution in [3.8, 4) is 0 Å². The van der Waals surface area contributed by atoms with Gasteiger partial charge in [-0.15, -0.1) is 0 Å². The van der Waals surface area contributed by atoms with E-state index in [4.69, 9.17) is 11.5 Å². The van der Waals surface area contributed by atoms with Gasteiger partial charge in [-0.05, 0) is 50.5 Å². The van der Waals surface area contributed by atoms with Crippen molar-refractivity contribution in [3.63, 3.8) is 0 Å². The van der Waals surface area contributed by atoms with E-state index in [-0.39, 0.29) is 5.54 Å². The number of nitrogens with two attached hydrogens (primary N) is 2. The fraction of sp³-hybridized carbons (Fsp3) is 1.00. The van der Waals surface area contributed by atoms with Crippen LogP contribution in [0.3, 0.4) is 0 Å². The fourth-order valence-corrected chi connectivity index (χ4v) is 4.23. The van der Waals surface area contributed by atoms with Crippen LogP contribution >= 0.6 is 0 Å². The van der Waals surface area contributed by atoms with E-state index in [1.807, 2.05) is 0 Å². The monoisotopic (exact) mass is 284 g/mol. The maximum Gasteiger partial charge on any atom is 0.0211 e. The molecule has 0 amide bonds. The standard InChI is InChI=1S/C18H40N2/c1-5-11-17(12-6-2,15-9-10-16-19)18(20,13-7-3)14-8-4/h5-16,19-20H2,1-4H3. The molecule has 0 aromatic heterocycles. The first-order valence-electron chi connectivity index (χ1n) is 9.04. The van der Waals surface area contributed by atoms with Gasteiger partial charge in [-0.2, -0.15) is 0 Å². The van der Waals surface area contributed by atoms with Gasteiger partial charge in [0.25, 0.3) is 0 Å². The van der Waals surface area contributed by atoms with Crippen LogP contribution in [-0.4, -0.2) is 12.1 Å². The predicted molar refractivity (Wildman–Crippen MR) is 91.9 cm³/mol. The minimum Gasteiger partial charge on any atom is -0.330 e. The summed E-state index contributed by atoms with van der Waals surface area (Å²) in [5, 5.41) is 0. The summed E-state index contributed by atoms with van der Waals surface area (Å²) < 4.78 is 0. The Kier molecular flexibility index (Phi) is 10.6. The van der Waals surface area contributed by atoms with Crippen molar-refractivity contribution < 1.29 is 0 Å². The zero-order valence-corrected chi connectivity index (χ0v) is 14.6. The van der Waals surface area contributed by atoms with E-state index in [0.29, 0.717) is 5.41 Å². The highest BCUT2D eigenvalue weighted by atomic mass is 14.8. The molecule has 0 atom stereocenters. The molecule has 0 aromatic carbocycles. The summed E-state index contributed by atoms with van der Waals surface area (Å²) in [6, 6.07) is 0. The molecule has 0 saturated carbocycles. The Bertz CT molecular complexity index is 213. The van der Waals surface area contributed by atoms with Crippen LogP contribution in [0.25, 0.3) is 0 Å². The van der Waals surface area contributed by atoms with Crippen LogP contribution in [-0.2, 0) is 0 Å². The first kappa shape index (κ1) is 19.9. The topological polar surface area (TPSA) is 52.0 Å². The van der Waals surface area contributed by atoms with Crippen LogP contribution < -0.4 is 11.5 Å². The molecular formula is C18H40N2. The van der Waals surface area contributed by atoms with Crippen LogP contribution in [0.2, 0.25) is 0 Å². The van der Waals surface area contributed by atoms with Crippen molar-refractivity contribution in [1.82, 2.24) is 0 Å². The summed E-state index contributed by atoms with van der Waals surface area (Å²) in [6.45, 7) is 9.99. The Labute approximate surface area is 128 Å². The summed E-state index contributed by atoms with van der Waals surface area (Å²) in [4.78, 5) is 0. The van der Waals surface area contributed by atoms with Gasteiger partial charge in [-0.1, -0.05) is 59.8 Å². The van der Waals surface area contributed by atoms with Crippen LogP contribution in [0.1, 0.15) is 98.3 Å². The lowest BCUT2D eigenvalue weighted by Crippen LogP contribution is -2.55. The lowest BCUT2D eigenvalue weighted by Gasteiger charge is -2.50. The third kappa shape index (κ3) is 5.37. The van der Waals surface area contributed by atoms with Gasteiger partial charge in [-0.3, -0.25) is 0 Å². The lowest BCUT2D eigenvalue weighted by molar-refractivity contribution is 0.0586. The van der Waals surface area contributed by atoms with Crippen LogP contribution in [0.4, 0.5) is 0 Å². The van der Waals surface area contributed by atoms with Crippen molar-refractivity contribution >= 4 is 0 Å². The molecule has 0 radical (unpaired) electrons. The molecule has 0 aliphatic rings. The second-order valence-corrected chi connectivity index (χ2v) is 6.68. The third-order valence-corrected chi connectivity index (χ3v) is 5.01. The molecule has 0 rings (SSSR count). The number of hydrogen-bond donors (Lipinski definition) is 2. The maximum atomic E-state index is 7.02. The van der Waals surface area contributed by atoms with Crippen molar-refractivity contribution in [2.75, 3.05) is 6.54 Å². The van der Waals surface area contributed by atoms with Crippen LogP contribution in [0.15, 0.2) is 0 Å². The summed E-state index contributed by atoms with van der Waals surface area (Å²) in [6.07, 6.45) is 13.4. The summed E-state index contributed by atoms with van der Waals surface area (Å²) in [7, 11) is 0. The largest absolute Gasteiger partial charge is 0.330 e. The Morgan fingerprint density at radius 1 is 0.650 bits per heavy atom. The van der Waals surface area contributed by atoms with Crippen LogP contribution in [0, 0.1) is 5.41 Å². The van der Waals surface area contributed by atoms with E-state index in [2.05, 4.69) is 27.7 Å². The summed E-state index contributed by atoms with van der Waals surface area (Å²) in [5.41, 5.74) is 13.1. The first-order chi connectivity index (χ1) is 9.55. The van der Waals surface area contributed by atoms with E-state index in [1.54, 1.807) is 0 Å². The minimum absolute atomic E-state index is 0.0249. The Balaban J connectivity index is 5.25. The molecule has 0 saturated heterocycles. The summed E-state index contributed by atoms with van der Waals surface area (Å²) >= 11 is 0. The van der Waals surface area contributed by atoms with Gasteiger partial charge in [0.05, 0.1) is 0 Å². The van der Waals surface area contributed by atoms with Gasteiger partial charge in [0.15, 0.2) is 0 Å². The van der Waals surface area contributed by atoms with Gasteiger partial charge in [0.2, 0.25) is 0 Å². The van der Waals surface area contributed by atoms with Crippen molar-refractivity contribution in [2.45, 2.75) is 104 Å². The molecule has 0 unspecified atom stereocenters. The second kappa shape index (κ2) is 10.6. The zero-order chi connectivity index (χ0) is 15.5. The molecule has 0 heterocycles. The predicted octanol–water partition coefficient (Wildman–Crippen LogP) is 5.00. The van der Waals surface area contributed by atoms with E-state index < -0.39 is 0 Å². The molecule has 0 spiro atoms. The number of unbranched alkanes of at least 4 members (excludes halogenated alkanes) is 1. The van der Waals surface area contributed by atoms with Gasteiger partial charge in [0, 0.05) is 5.54 Å². The SMILES string of the molecule is CCCC(N)(CCC)C(CCC)(CCC)CCCCN. The van der Waals surface area contributed by atoms with Crippen molar-refractivity contribution in [3.05, 3.63) is 0 Å². The molecule has 20 heavy (non-hydrogen) atoms. The third-order valence-electron chi connectivity index (χ3n) is 5.01. The molecule has 0 aliphatic carbocycles. The maximum absolute atomic E-state index is 7.02. The molecular weight excluding hydrogens is 244 g/mol. The molecule has 0 aromatic rings. The Morgan fingerprint density at radius 3 is 1.45 bits per heavy atom. The van der Waals surface area contributed by atoms with E-state index in [1.165, 1.54) is 64.2 Å². The highest BCUT2D eigenvalue weighted by Crippen LogP contribution is 2.48. The summed E-state index contributed by atoms with van der Waals surface area (Å²) in [5.74, 6) is 0. The van der Waals surface area contributed by atoms with E-state index >= 15 is 0 Å². The number of hydrogen-bond acceptors (Lipinski definition) is 2. The fourth-order valence-electron chi connectivity index (χ4n) is 4.23.